The fourth-order valence-electron chi connectivity index (χ4n) is 2.33. The van der Waals surface area contributed by atoms with Crippen molar-refractivity contribution in [3.63, 3.8) is 0 Å². The molecule has 3 heteroatoms. The third-order valence-electron chi connectivity index (χ3n) is 3.37. The number of aromatic nitrogens is 1. The van der Waals surface area contributed by atoms with E-state index in [1.807, 2.05) is 0 Å². The summed E-state index contributed by atoms with van der Waals surface area (Å²) in [6.07, 6.45) is 1.01. The summed E-state index contributed by atoms with van der Waals surface area (Å²) in [6.45, 7) is 3.95. The van der Waals surface area contributed by atoms with Gasteiger partial charge in [0.1, 0.15) is 0 Å². The van der Waals surface area contributed by atoms with Gasteiger partial charge in [0.25, 0.3) is 0 Å². The molecule has 0 unspecified atom stereocenters. The second kappa shape index (κ2) is 5.34. The summed E-state index contributed by atoms with van der Waals surface area (Å²) >= 11 is 0. The molecule has 2 rings (SSSR count). The third kappa shape index (κ3) is 2.35. The number of nitrogens with zero attached hydrogens (tertiary/aromatic N) is 1. The van der Waals surface area contributed by atoms with Crippen molar-refractivity contribution in [1.29, 1.82) is 0 Å². The van der Waals surface area contributed by atoms with Gasteiger partial charge in [-0.25, -0.2) is 0 Å². The van der Waals surface area contributed by atoms with Crippen LogP contribution in [0.5, 0.6) is 0 Å². The normalized spacial score (nSPS) is 11.2. The number of benzene rings is 1. The van der Waals surface area contributed by atoms with E-state index in [-0.39, 0.29) is 6.61 Å². The maximum absolute atomic E-state index is 8.73. The highest BCUT2D eigenvalue weighted by Crippen LogP contribution is 2.24. The molecule has 0 amide bonds. The van der Waals surface area contributed by atoms with Gasteiger partial charge in [0, 0.05) is 30.2 Å². The molecular weight excluding hydrogens is 212 g/mol. The Bertz CT molecular complexity index is 502. The van der Waals surface area contributed by atoms with Crippen LogP contribution in [0.15, 0.2) is 24.3 Å². The summed E-state index contributed by atoms with van der Waals surface area (Å²) in [6, 6.07) is 8.51. The van der Waals surface area contributed by atoms with Crippen molar-refractivity contribution in [2.75, 3.05) is 19.7 Å². The Balaban J connectivity index is 2.24. The van der Waals surface area contributed by atoms with E-state index in [1.54, 1.807) is 0 Å². The lowest BCUT2D eigenvalue weighted by atomic mass is 10.1. The molecule has 0 saturated carbocycles. The number of aryl methyl sites for hydroxylation is 1. The molecule has 17 heavy (non-hydrogen) atoms. The third-order valence-corrected chi connectivity index (χ3v) is 3.37. The van der Waals surface area contributed by atoms with Gasteiger partial charge in [0.05, 0.1) is 6.61 Å². The zero-order chi connectivity index (χ0) is 12.3. The van der Waals surface area contributed by atoms with E-state index in [0.29, 0.717) is 6.54 Å². The van der Waals surface area contributed by atoms with Crippen LogP contribution in [-0.2, 0) is 13.5 Å². The molecule has 1 aromatic heterocycles. The van der Waals surface area contributed by atoms with E-state index in [9.17, 15) is 0 Å². The van der Waals surface area contributed by atoms with E-state index in [0.717, 1.165) is 13.0 Å². The second-order valence-corrected chi connectivity index (χ2v) is 4.36. The SMILES string of the molecule is Cc1c(CCNCCO)c2ccccc2n1C. The predicted octanol–water partition coefficient (Wildman–Crippen LogP) is 1.61. The topological polar surface area (TPSA) is 37.2 Å². The highest BCUT2D eigenvalue weighted by atomic mass is 16.3. The average Bonchev–Trinajstić information content (AvgIpc) is 2.60. The first-order valence-corrected chi connectivity index (χ1v) is 6.10. The summed E-state index contributed by atoms with van der Waals surface area (Å²) in [7, 11) is 2.11. The van der Waals surface area contributed by atoms with Gasteiger partial charge in [-0.3, -0.25) is 0 Å². The molecule has 0 spiro atoms. The molecule has 0 aliphatic carbocycles. The molecule has 0 aliphatic rings. The molecule has 1 heterocycles. The predicted molar refractivity (Wildman–Crippen MR) is 71.3 cm³/mol. The Labute approximate surface area is 102 Å². The summed E-state index contributed by atoms with van der Waals surface area (Å²) in [5.41, 5.74) is 4.03. The number of rotatable bonds is 5. The van der Waals surface area contributed by atoms with Gasteiger partial charge in [0.15, 0.2) is 0 Å². The smallest absolute Gasteiger partial charge is 0.0555 e. The largest absolute Gasteiger partial charge is 0.395 e. The zero-order valence-corrected chi connectivity index (χ0v) is 10.5. The number of hydrogen-bond acceptors (Lipinski definition) is 2. The maximum atomic E-state index is 8.73. The Kier molecular flexibility index (Phi) is 3.82. The molecule has 1 aromatic carbocycles. The highest BCUT2D eigenvalue weighted by molar-refractivity contribution is 5.85. The first-order chi connectivity index (χ1) is 8.25. The lowest BCUT2D eigenvalue weighted by Gasteiger charge is -2.04. The summed E-state index contributed by atoms with van der Waals surface area (Å²) < 4.78 is 2.25. The lowest BCUT2D eigenvalue weighted by Crippen LogP contribution is -2.21. The molecule has 0 aliphatic heterocycles. The van der Waals surface area contributed by atoms with Gasteiger partial charge in [-0.15, -0.1) is 0 Å². The highest BCUT2D eigenvalue weighted by Gasteiger charge is 2.10. The van der Waals surface area contributed by atoms with Crippen molar-refractivity contribution in [3.05, 3.63) is 35.5 Å². The van der Waals surface area contributed by atoms with Gasteiger partial charge < -0.3 is 15.0 Å². The molecule has 92 valence electrons. The number of aliphatic hydroxyl groups excluding tert-OH is 1. The number of nitrogens with one attached hydrogen (secondary N) is 1. The van der Waals surface area contributed by atoms with Gasteiger partial charge >= 0.3 is 0 Å². The van der Waals surface area contributed by atoms with E-state index in [4.69, 9.17) is 5.11 Å². The quantitative estimate of drug-likeness (QED) is 0.769. The summed E-state index contributed by atoms with van der Waals surface area (Å²) in [5, 5.41) is 13.3. The van der Waals surface area contributed by atoms with Crippen LogP contribution in [0.25, 0.3) is 10.9 Å². The van der Waals surface area contributed by atoms with Crippen molar-refractivity contribution in [2.24, 2.45) is 7.05 Å². The molecule has 0 saturated heterocycles. The van der Waals surface area contributed by atoms with Crippen molar-refractivity contribution >= 4 is 10.9 Å². The molecule has 2 N–H and O–H groups in total. The second-order valence-electron chi connectivity index (χ2n) is 4.36. The Morgan fingerprint density at radius 1 is 1.24 bits per heavy atom. The minimum atomic E-state index is 0.203. The van der Waals surface area contributed by atoms with Crippen molar-refractivity contribution in [2.45, 2.75) is 13.3 Å². The zero-order valence-electron chi connectivity index (χ0n) is 10.5. The molecule has 2 aromatic rings. The Morgan fingerprint density at radius 3 is 2.76 bits per heavy atom. The Hall–Kier alpha value is -1.32. The van der Waals surface area contributed by atoms with Crippen molar-refractivity contribution < 1.29 is 5.11 Å². The summed E-state index contributed by atoms with van der Waals surface area (Å²) in [4.78, 5) is 0. The minimum Gasteiger partial charge on any atom is -0.395 e. The summed E-state index contributed by atoms with van der Waals surface area (Å²) in [5.74, 6) is 0. The molecule has 3 nitrogen and oxygen atoms in total. The van der Waals surface area contributed by atoms with E-state index in [2.05, 4.69) is 48.1 Å². The van der Waals surface area contributed by atoms with E-state index in [1.165, 1.54) is 22.2 Å². The lowest BCUT2D eigenvalue weighted by molar-refractivity contribution is 0.293. The van der Waals surface area contributed by atoms with E-state index < -0.39 is 0 Å². The number of aliphatic hydroxyl groups is 1. The average molecular weight is 232 g/mol. The number of fused-ring (bicyclic) bond motifs is 1. The maximum Gasteiger partial charge on any atom is 0.0555 e. The van der Waals surface area contributed by atoms with Gasteiger partial charge in [-0.05, 0) is 31.5 Å². The van der Waals surface area contributed by atoms with Crippen LogP contribution in [-0.4, -0.2) is 29.4 Å². The Morgan fingerprint density at radius 2 is 2.00 bits per heavy atom. The monoisotopic (exact) mass is 232 g/mol. The van der Waals surface area contributed by atoms with Crippen LogP contribution in [0.3, 0.4) is 0 Å². The fraction of sp³-hybridized carbons (Fsp3) is 0.429. The molecular formula is C14H20N2O. The van der Waals surface area contributed by atoms with E-state index >= 15 is 0 Å². The number of hydrogen-bond donors (Lipinski definition) is 2. The molecule has 0 radical (unpaired) electrons. The molecule has 0 fully saturated rings. The number of para-hydroxylation sites is 1. The first kappa shape index (κ1) is 12.1. The van der Waals surface area contributed by atoms with Gasteiger partial charge in [0.2, 0.25) is 0 Å². The van der Waals surface area contributed by atoms with Crippen molar-refractivity contribution in [1.82, 2.24) is 9.88 Å². The van der Waals surface area contributed by atoms with Crippen LogP contribution in [0.1, 0.15) is 11.3 Å². The van der Waals surface area contributed by atoms with Crippen LogP contribution in [0, 0.1) is 6.92 Å². The fourth-order valence-corrected chi connectivity index (χ4v) is 2.33. The van der Waals surface area contributed by atoms with Crippen molar-refractivity contribution in [3.8, 4) is 0 Å². The van der Waals surface area contributed by atoms with Crippen LogP contribution >= 0.6 is 0 Å². The standard InChI is InChI=1S/C14H20N2O/c1-11-12(7-8-15-9-10-17)13-5-3-4-6-14(13)16(11)2/h3-6,15,17H,7-10H2,1-2H3. The van der Waals surface area contributed by atoms with Crippen LogP contribution in [0.2, 0.25) is 0 Å². The minimum absolute atomic E-state index is 0.203. The molecule has 0 bridgehead atoms. The van der Waals surface area contributed by atoms with Crippen LogP contribution < -0.4 is 5.32 Å². The molecule has 0 atom stereocenters. The van der Waals surface area contributed by atoms with Crippen LogP contribution in [0.4, 0.5) is 0 Å². The van der Waals surface area contributed by atoms with Gasteiger partial charge in [-0.2, -0.15) is 0 Å². The van der Waals surface area contributed by atoms with Gasteiger partial charge in [-0.1, -0.05) is 18.2 Å². The first-order valence-electron chi connectivity index (χ1n) is 6.10.